The monoisotopic (exact) mass is 393 g/mol. The van der Waals surface area contributed by atoms with E-state index in [9.17, 15) is 18.0 Å². The van der Waals surface area contributed by atoms with Crippen LogP contribution in [0.1, 0.15) is 18.9 Å². The predicted molar refractivity (Wildman–Crippen MR) is 104 cm³/mol. The molecule has 0 spiro atoms. The van der Waals surface area contributed by atoms with Gasteiger partial charge < -0.3 is 14.7 Å². The number of hydrogen-bond donors (Lipinski definition) is 0. The predicted octanol–water partition coefficient (Wildman–Crippen LogP) is 0.679. The highest BCUT2D eigenvalue weighted by Gasteiger charge is 2.37. The minimum absolute atomic E-state index is 0.0407. The lowest BCUT2D eigenvalue weighted by Gasteiger charge is -2.37. The second-order valence-corrected chi connectivity index (χ2v) is 9.50. The quantitative estimate of drug-likeness (QED) is 0.706. The second kappa shape index (κ2) is 7.88. The van der Waals surface area contributed by atoms with E-state index in [-0.39, 0.29) is 17.5 Å². The third kappa shape index (κ3) is 4.43. The highest BCUT2D eigenvalue weighted by Crippen LogP contribution is 2.20. The molecule has 2 aliphatic rings. The summed E-state index contributed by atoms with van der Waals surface area (Å²) in [7, 11) is -3.10. The van der Waals surface area contributed by atoms with Gasteiger partial charge in [0.15, 0.2) is 9.84 Å². The zero-order chi connectivity index (χ0) is 19.6. The van der Waals surface area contributed by atoms with Gasteiger partial charge in [0.05, 0.1) is 11.5 Å². The maximum atomic E-state index is 12.7. The highest BCUT2D eigenvalue weighted by molar-refractivity contribution is 7.91. The number of carbonyl (C=O) groups excluding carboxylic acids is 2. The molecule has 0 N–H and O–H groups in total. The zero-order valence-electron chi connectivity index (χ0n) is 15.9. The van der Waals surface area contributed by atoms with Gasteiger partial charge >= 0.3 is 11.8 Å². The summed E-state index contributed by atoms with van der Waals surface area (Å²) in [5, 5.41) is 0. The van der Waals surface area contributed by atoms with Crippen molar-refractivity contribution in [3.05, 3.63) is 29.8 Å². The van der Waals surface area contributed by atoms with E-state index in [4.69, 9.17) is 0 Å². The van der Waals surface area contributed by atoms with Crippen LogP contribution in [0.25, 0.3) is 0 Å². The molecule has 3 rings (SSSR count). The molecule has 1 unspecified atom stereocenters. The van der Waals surface area contributed by atoms with E-state index in [0.29, 0.717) is 39.1 Å². The zero-order valence-corrected chi connectivity index (χ0v) is 16.7. The normalized spacial score (nSPS) is 21.9. The Morgan fingerprint density at radius 2 is 1.89 bits per heavy atom. The Hall–Kier alpha value is -2.09. The lowest BCUT2D eigenvalue weighted by Crippen LogP contribution is -2.55. The van der Waals surface area contributed by atoms with Gasteiger partial charge in [0, 0.05) is 44.5 Å². The van der Waals surface area contributed by atoms with Crippen LogP contribution in [0, 0.1) is 6.92 Å². The fourth-order valence-corrected chi connectivity index (χ4v) is 5.57. The van der Waals surface area contributed by atoms with E-state index in [1.807, 2.05) is 19.1 Å². The van der Waals surface area contributed by atoms with Gasteiger partial charge in [0.2, 0.25) is 0 Å². The molecule has 8 heteroatoms. The molecule has 1 aromatic rings. The van der Waals surface area contributed by atoms with Crippen LogP contribution in [0.2, 0.25) is 0 Å². The minimum Gasteiger partial charge on any atom is -0.368 e. The van der Waals surface area contributed by atoms with E-state index >= 15 is 0 Å². The van der Waals surface area contributed by atoms with Gasteiger partial charge in [-0.3, -0.25) is 9.59 Å². The van der Waals surface area contributed by atoms with E-state index in [1.165, 1.54) is 10.5 Å². The molecule has 2 heterocycles. The number of benzene rings is 1. The van der Waals surface area contributed by atoms with Gasteiger partial charge in [-0.2, -0.15) is 0 Å². The number of aryl methyl sites for hydroxylation is 1. The van der Waals surface area contributed by atoms with Crippen LogP contribution < -0.4 is 4.90 Å². The van der Waals surface area contributed by atoms with Crippen LogP contribution in [-0.4, -0.2) is 80.3 Å². The van der Waals surface area contributed by atoms with Crippen LogP contribution in [0.15, 0.2) is 24.3 Å². The standard InChI is InChI=1S/C19H27N3O4S/c1-3-22(17-7-12-27(25,26)14-17)19(24)18(23)21-10-8-20(9-11-21)16-6-4-5-15(2)13-16/h4-6,13,17H,3,7-12,14H2,1-2H3. The van der Waals surface area contributed by atoms with Crippen LogP contribution in [0.3, 0.4) is 0 Å². The van der Waals surface area contributed by atoms with Gasteiger partial charge in [-0.15, -0.1) is 0 Å². The number of sulfone groups is 1. The van der Waals surface area contributed by atoms with Crippen molar-refractivity contribution in [1.82, 2.24) is 9.80 Å². The van der Waals surface area contributed by atoms with Crippen molar-refractivity contribution in [2.75, 3.05) is 49.1 Å². The molecule has 1 aromatic carbocycles. The van der Waals surface area contributed by atoms with Crippen molar-refractivity contribution in [2.24, 2.45) is 0 Å². The summed E-state index contributed by atoms with van der Waals surface area (Å²) in [6.45, 7) is 6.49. The van der Waals surface area contributed by atoms with Crippen LogP contribution >= 0.6 is 0 Å². The largest absolute Gasteiger partial charge is 0.368 e. The molecule has 0 saturated carbocycles. The molecule has 148 valence electrons. The molecular weight excluding hydrogens is 366 g/mol. The summed E-state index contributed by atoms with van der Waals surface area (Å²) in [4.78, 5) is 30.6. The average molecular weight is 394 g/mol. The summed E-state index contributed by atoms with van der Waals surface area (Å²) >= 11 is 0. The first-order valence-electron chi connectivity index (χ1n) is 9.42. The lowest BCUT2D eigenvalue weighted by molar-refractivity contribution is -0.153. The third-order valence-corrected chi connectivity index (χ3v) is 7.12. The van der Waals surface area contributed by atoms with E-state index in [0.717, 1.165) is 5.69 Å². The first-order chi connectivity index (χ1) is 12.8. The average Bonchev–Trinajstić information content (AvgIpc) is 3.01. The molecule has 27 heavy (non-hydrogen) atoms. The van der Waals surface area contributed by atoms with Crippen molar-refractivity contribution >= 4 is 27.3 Å². The topological polar surface area (TPSA) is 78.0 Å². The molecule has 0 radical (unpaired) electrons. The Balaban J connectivity index is 1.60. The molecule has 7 nitrogen and oxygen atoms in total. The Bertz CT molecular complexity index is 816. The molecule has 0 aliphatic carbocycles. The molecular formula is C19H27N3O4S. The highest BCUT2D eigenvalue weighted by atomic mass is 32.2. The number of anilines is 1. The lowest BCUT2D eigenvalue weighted by atomic mass is 10.2. The SMILES string of the molecule is CCN(C(=O)C(=O)N1CCN(c2cccc(C)c2)CC1)C1CCS(=O)(=O)C1. The number of hydrogen-bond acceptors (Lipinski definition) is 5. The number of piperazine rings is 1. The van der Waals surface area contributed by atoms with E-state index in [2.05, 4.69) is 17.0 Å². The molecule has 2 aliphatic heterocycles. The third-order valence-electron chi connectivity index (χ3n) is 5.37. The molecule has 0 bridgehead atoms. The maximum absolute atomic E-state index is 12.7. The first kappa shape index (κ1) is 19.7. The van der Waals surface area contributed by atoms with Crippen molar-refractivity contribution in [3.63, 3.8) is 0 Å². The number of rotatable bonds is 3. The fraction of sp³-hybridized carbons (Fsp3) is 0.579. The van der Waals surface area contributed by atoms with Gasteiger partial charge in [-0.25, -0.2) is 8.42 Å². The Morgan fingerprint density at radius 3 is 2.44 bits per heavy atom. The molecule has 2 saturated heterocycles. The number of carbonyl (C=O) groups is 2. The Labute approximate surface area is 160 Å². The van der Waals surface area contributed by atoms with Gasteiger partial charge in [-0.1, -0.05) is 12.1 Å². The number of amides is 2. The van der Waals surface area contributed by atoms with Crippen molar-refractivity contribution in [2.45, 2.75) is 26.3 Å². The van der Waals surface area contributed by atoms with Gasteiger partial charge in [-0.05, 0) is 38.0 Å². The molecule has 2 fully saturated rings. The molecule has 0 aromatic heterocycles. The van der Waals surface area contributed by atoms with Gasteiger partial charge in [0.1, 0.15) is 0 Å². The summed E-state index contributed by atoms with van der Waals surface area (Å²) in [6, 6.07) is 7.84. The van der Waals surface area contributed by atoms with E-state index in [1.54, 1.807) is 11.8 Å². The summed E-state index contributed by atoms with van der Waals surface area (Å²) < 4.78 is 23.4. The van der Waals surface area contributed by atoms with Crippen LogP contribution in [-0.2, 0) is 19.4 Å². The van der Waals surface area contributed by atoms with Crippen molar-refractivity contribution in [1.29, 1.82) is 0 Å². The Morgan fingerprint density at radius 1 is 1.19 bits per heavy atom. The number of likely N-dealkylation sites (N-methyl/N-ethyl adjacent to an activating group) is 1. The van der Waals surface area contributed by atoms with Crippen LogP contribution in [0.4, 0.5) is 5.69 Å². The Kier molecular flexibility index (Phi) is 5.74. The summed E-state index contributed by atoms with van der Waals surface area (Å²) in [5.41, 5.74) is 2.31. The summed E-state index contributed by atoms with van der Waals surface area (Å²) in [6.07, 6.45) is 0.413. The van der Waals surface area contributed by atoms with Crippen molar-refractivity contribution < 1.29 is 18.0 Å². The van der Waals surface area contributed by atoms with E-state index < -0.39 is 21.7 Å². The smallest absolute Gasteiger partial charge is 0.312 e. The summed E-state index contributed by atoms with van der Waals surface area (Å²) in [5.74, 6) is -1.06. The molecule has 2 amide bonds. The first-order valence-corrected chi connectivity index (χ1v) is 11.2. The fourth-order valence-electron chi connectivity index (χ4n) is 3.84. The van der Waals surface area contributed by atoms with Crippen molar-refractivity contribution in [3.8, 4) is 0 Å². The second-order valence-electron chi connectivity index (χ2n) is 7.27. The maximum Gasteiger partial charge on any atom is 0.312 e. The molecule has 1 atom stereocenters. The van der Waals surface area contributed by atoms with Gasteiger partial charge in [0.25, 0.3) is 0 Å². The minimum atomic E-state index is -3.10. The van der Waals surface area contributed by atoms with Crippen LogP contribution in [0.5, 0.6) is 0 Å². The number of nitrogens with zero attached hydrogens (tertiary/aromatic N) is 3.